The summed E-state index contributed by atoms with van der Waals surface area (Å²) in [5, 5.41) is 7.58. The molecule has 32 heavy (non-hydrogen) atoms. The van der Waals surface area contributed by atoms with Crippen molar-refractivity contribution in [2.75, 3.05) is 19.6 Å². The molecule has 0 saturated carbocycles. The highest BCUT2D eigenvalue weighted by Crippen LogP contribution is 2.20. The molecule has 1 aliphatic rings. The van der Waals surface area contributed by atoms with Gasteiger partial charge in [-0.1, -0.05) is 38.1 Å². The lowest BCUT2D eigenvalue weighted by Crippen LogP contribution is -2.53. The van der Waals surface area contributed by atoms with E-state index in [4.69, 9.17) is 0 Å². The number of hydrogen-bond donors (Lipinski definition) is 2. The maximum atomic E-state index is 13.7. The molecule has 6 nitrogen and oxygen atoms in total. The monoisotopic (exact) mass is 459 g/mol. The number of benzene rings is 1. The van der Waals surface area contributed by atoms with Gasteiger partial charge in [0, 0.05) is 25.6 Å². The predicted molar refractivity (Wildman–Crippen MR) is 123 cm³/mol. The van der Waals surface area contributed by atoms with E-state index in [0.717, 1.165) is 0 Å². The van der Waals surface area contributed by atoms with Crippen molar-refractivity contribution in [2.24, 2.45) is 11.8 Å². The molecule has 3 rings (SSSR count). The topological polar surface area (TPSA) is 78.5 Å². The molecule has 1 aromatic carbocycles. The average Bonchev–Trinajstić information content (AvgIpc) is 3.33. The maximum absolute atomic E-state index is 13.7. The van der Waals surface area contributed by atoms with Crippen molar-refractivity contribution in [3.8, 4) is 0 Å². The minimum atomic E-state index is -0.601. The van der Waals surface area contributed by atoms with Crippen LogP contribution in [0.5, 0.6) is 0 Å². The number of rotatable bonds is 8. The number of nitrogens with zero attached hydrogens (tertiary/aromatic N) is 1. The fourth-order valence-electron chi connectivity index (χ4n) is 3.86. The van der Waals surface area contributed by atoms with E-state index in [0.29, 0.717) is 49.3 Å². The van der Waals surface area contributed by atoms with Crippen molar-refractivity contribution in [3.63, 3.8) is 0 Å². The summed E-state index contributed by atoms with van der Waals surface area (Å²) in [6.45, 7) is 5.15. The molecule has 1 aromatic heterocycles. The van der Waals surface area contributed by atoms with Gasteiger partial charge in [0.25, 0.3) is 5.91 Å². The molecule has 0 bridgehead atoms. The second kappa shape index (κ2) is 11.2. The third-order valence-corrected chi connectivity index (χ3v) is 6.66. The summed E-state index contributed by atoms with van der Waals surface area (Å²) in [5.74, 6) is -0.887. The first-order valence-electron chi connectivity index (χ1n) is 11.0. The van der Waals surface area contributed by atoms with E-state index in [1.165, 1.54) is 17.4 Å². The Morgan fingerprint density at radius 2 is 1.84 bits per heavy atom. The number of hydrogen-bond acceptors (Lipinski definition) is 4. The molecular weight excluding hydrogens is 429 g/mol. The minimum Gasteiger partial charge on any atom is -0.356 e. The Labute approximate surface area is 192 Å². The molecule has 1 aliphatic heterocycles. The fraction of sp³-hybridized carbons (Fsp3) is 0.458. The first kappa shape index (κ1) is 23.9. The van der Waals surface area contributed by atoms with E-state index >= 15 is 0 Å². The second-order valence-corrected chi connectivity index (χ2v) is 9.35. The quantitative estimate of drug-likeness (QED) is 0.636. The van der Waals surface area contributed by atoms with Crippen LogP contribution in [0, 0.1) is 17.7 Å². The van der Waals surface area contributed by atoms with Crippen LogP contribution in [0.1, 0.15) is 41.9 Å². The number of halogens is 1. The summed E-state index contributed by atoms with van der Waals surface area (Å²) in [6, 6.07) is 9.49. The number of nitrogens with one attached hydrogen (secondary N) is 2. The Hall–Kier alpha value is -2.74. The van der Waals surface area contributed by atoms with Gasteiger partial charge < -0.3 is 15.5 Å². The average molecular weight is 460 g/mol. The fourth-order valence-corrected chi connectivity index (χ4v) is 4.49. The zero-order chi connectivity index (χ0) is 23.1. The zero-order valence-electron chi connectivity index (χ0n) is 18.5. The highest BCUT2D eigenvalue weighted by molar-refractivity contribution is 7.12. The van der Waals surface area contributed by atoms with Gasteiger partial charge in [0.15, 0.2) is 0 Å². The first-order chi connectivity index (χ1) is 15.4. The van der Waals surface area contributed by atoms with E-state index in [1.54, 1.807) is 35.2 Å². The number of likely N-dealkylation sites (tertiary alicyclic amines) is 1. The van der Waals surface area contributed by atoms with Crippen LogP contribution >= 0.6 is 11.3 Å². The van der Waals surface area contributed by atoms with Crippen LogP contribution in [0.25, 0.3) is 0 Å². The van der Waals surface area contributed by atoms with Crippen molar-refractivity contribution in [2.45, 2.75) is 39.2 Å². The van der Waals surface area contributed by atoms with Gasteiger partial charge in [-0.05, 0) is 48.3 Å². The van der Waals surface area contributed by atoms with Gasteiger partial charge >= 0.3 is 0 Å². The Morgan fingerprint density at radius 1 is 1.12 bits per heavy atom. The Bertz CT molecular complexity index is 924. The van der Waals surface area contributed by atoms with Crippen molar-refractivity contribution in [1.29, 1.82) is 0 Å². The van der Waals surface area contributed by atoms with Crippen LogP contribution in [-0.4, -0.2) is 48.3 Å². The van der Waals surface area contributed by atoms with E-state index in [-0.39, 0.29) is 35.4 Å². The molecule has 2 heterocycles. The third-order valence-electron chi connectivity index (χ3n) is 5.79. The normalized spacial score (nSPS) is 15.4. The van der Waals surface area contributed by atoms with Gasteiger partial charge in [-0.2, -0.15) is 0 Å². The molecule has 1 atom stereocenters. The number of carbonyl (C=O) groups excluding carboxylic acids is 3. The van der Waals surface area contributed by atoms with Crippen molar-refractivity contribution in [1.82, 2.24) is 15.5 Å². The molecule has 0 spiro atoms. The summed E-state index contributed by atoms with van der Waals surface area (Å²) in [7, 11) is 0. The van der Waals surface area contributed by atoms with Crippen LogP contribution in [-0.2, 0) is 16.0 Å². The largest absolute Gasteiger partial charge is 0.356 e. The molecule has 1 unspecified atom stereocenters. The lowest BCUT2D eigenvalue weighted by molar-refractivity contribution is -0.138. The Kier molecular flexibility index (Phi) is 8.39. The van der Waals surface area contributed by atoms with Gasteiger partial charge in [0.1, 0.15) is 11.9 Å². The summed E-state index contributed by atoms with van der Waals surface area (Å²) in [5.41, 5.74) is 0.581. The summed E-state index contributed by atoms with van der Waals surface area (Å²) >= 11 is 1.34. The zero-order valence-corrected chi connectivity index (χ0v) is 19.3. The van der Waals surface area contributed by atoms with Gasteiger partial charge in [0.2, 0.25) is 11.8 Å². The molecule has 172 valence electrons. The van der Waals surface area contributed by atoms with Crippen LogP contribution in [0.15, 0.2) is 41.8 Å². The first-order valence-corrected chi connectivity index (χ1v) is 11.9. The van der Waals surface area contributed by atoms with E-state index in [2.05, 4.69) is 10.6 Å². The van der Waals surface area contributed by atoms with Crippen molar-refractivity contribution < 1.29 is 18.8 Å². The molecule has 1 saturated heterocycles. The van der Waals surface area contributed by atoms with Crippen LogP contribution < -0.4 is 10.6 Å². The smallest absolute Gasteiger partial charge is 0.262 e. The number of carbonyl (C=O) groups is 3. The molecule has 0 aliphatic carbocycles. The van der Waals surface area contributed by atoms with Crippen molar-refractivity contribution >= 4 is 29.1 Å². The molecule has 1 fully saturated rings. The second-order valence-electron chi connectivity index (χ2n) is 8.40. The van der Waals surface area contributed by atoms with Crippen LogP contribution in [0.2, 0.25) is 0 Å². The van der Waals surface area contributed by atoms with Gasteiger partial charge in [-0.15, -0.1) is 11.3 Å². The standard InChI is InChI=1S/C24H30FN3O3S/c1-16(2)21(27-23(30)20-8-5-15-32-20)24(31)28-13-10-18(11-14-28)22(29)26-12-9-17-6-3-4-7-19(17)25/h3-8,15-16,18,21H,9-14H2,1-2H3,(H,26,29)(H,27,30). The van der Waals surface area contributed by atoms with Gasteiger partial charge in [0.05, 0.1) is 4.88 Å². The van der Waals surface area contributed by atoms with E-state index in [1.807, 2.05) is 19.2 Å². The number of thiophene rings is 1. The minimum absolute atomic E-state index is 0.0502. The molecule has 3 amide bonds. The maximum Gasteiger partial charge on any atom is 0.262 e. The van der Waals surface area contributed by atoms with Crippen molar-refractivity contribution in [3.05, 3.63) is 58.0 Å². The van der Waals surface area contributed by atoms with Crippen LogP contribution in [0.3, 0.4) is 0 Å². The number of amides is 3. The van der Waals surface area contributed by atoms with Gasteiger partial charge in [-0.3, -0.25) is 14.4 Å². The van der Waals surface area contributed by atoms with E-state index < -0.39 is 6.04 Å². The lowest BCUT2D eigenvalue weighted by atomic mass is 9.94. The molecule has 2 aromatic rings. The van der Waals surface area contributed by atoms with E-state index in [9.17, 15) is 18.8 Å². The summed E-state index contributed by atoms with van der Waals surface area (Å²) < 4.78 is 13.7. The Morgan fingerprint density at radius 3 is 2.47 bits per heavy atom. The molecule has 0 radical (unpaired) electrons. The summed E-state index contributed by atoms with van der Waals surface area (Å²) in [4.78, 5) is 40.3. The predicted octanol–water partition coefficient (Wildman–Crippen LogP) is 3.24. The van der Waals surface area contributed by atoms with Crippen LogP contribution in [0.4, 0.5) is 4.39 Å². The molecule has 2 N–H and O–H groups in total. The highest BCUT2D eigenvalue weighted by atomic mass is 32.1. The summed E-state index contributed by atoms with van der Waals surface area (Å²) in [6.07, 6.45) is 1.58. The lowest BCUT2D eigenvalue weighted by Gasteiger charge is -2.35. The molecule has 8 heteroatoms. The highest BCUT2D eigenvalue weighted by Gasteiger charge is 2.33. The van der Waals surface area contributed by atoms with Gasteiger partial charge in [-0.25, -0.2) is 4.39 Å². The number of piperidine rings is 1. The Balaban J connectivity index is 1.46. The SMILES string of the molecule is CC(C)C(NC(=O)c1cccs1)C(=O)N1CCC(C(=O)NCCc2ccccc2F)CC1. The molecular formula is C24H30FN3O3S. The third kappa shape index (κ3) is 6.16.